The smallest absolute Gasteiger partial charge is 0.255 e. The van der Waals surface area contributed by atoms with Gasteiger partial charge in [0.05, 0.1) is 12.6 Å². The quantitative estimate of drug-likeness (QED) is 0.684. The van der Waals surface area contributed by atoms with Gasteiger partial charge in [-0.15, -0.1) is 0 Å². The lowest BCUT2D eigenvalue weighted by Crippen LogP contribution is -2.44. The molecule has 1 aliphatic heterocycles. The minimum Gasteiger partial charge on any atom is -0.392 e. The second-order valence-electron chi connectivity index (χ2n) is 7.39. The average molecular weight is 421 g/mol. The predicted molar refractivity (Wildman–Crippen MR) is 114 cm³/mol. The fourth-order valence-corrected chi connectivity index (χ4v) is 3.96. The molecule has 0 spiro atoms. The number of hydrogen-bond donors (Lipinski definition) is 1. The second kappa shape index (κ2) is 8.78. The summed E-state index contributed by atoms with van der Waals surface area (Å²) in [6.07, 6.45) is 2.19. The van der Waals surface area contributed by atoms with Crippen LogP contribution in [0.15, 0.2) is 66.9 Å². The van der Waals surface area contributed by atoms with Crippen LogP contribution in [0.4, 0.5) is 0 Å². The molecule has 6 heteroatoms. The van der Waals surface area contributed by atoms with Gasteiger partial charge in [-0.3, -0.25) is 14.6 Å². The van der Waals surface area contributed by atoms with Crippen molar-refractivity contribution in [1.82, 2.24) is 9.88 Å². The number of benzene rings is 2. The van der Waals surface area contributed by atoms with Gasteiger partial charge in [0.25, 0.3) is 5.91 Å². The molecule has 1 amide bonds. The van der Waals surface area contributed by atoms with Gasteiger partial charge in [-0.2, -0.15) is 0 Å². The van der Waals surface area contributed by atoms with E-state index in [1.807, 2.05) is 42.5 Å². The van der Waals surface area contributed by atoms with Crippen LogP contribution in [-0.4, -0.2) is 32.7 Å². The molecule has 0 radical (unpaired) electrons. The molecule has 2 heterocycles. The summed E-state index contributed by atoms with van der Waals surface area (Å²) in [5, 5.41) is 9.78. The molecule has 1 atom stereocenters. The van der Waals surface area contributed by atoms with Crippen LogP contribution < -0.4 is 0 Å². The summed E-state index contributed by atoms with van der Waals surface area (Å²) in [5.41, 5.74) is 3.59. The number of aliphatic hydroxyl groups excluding tert-OH is 1. The predicted octanol–water partition coefficient (Wildman–Crippen LogP) is 3.61. The maximum Gasteiger partial charge on any atom is 0.255 e. The van der Waals surface area contributed by atoms with E-state index in [4.69, 9.17) is 11.6 Å². The number of rotatable bonds is 5. The summed E-state index contributed by atoms with van der Waals surface area (Å²) >= 11 is 6.12. The molecular weight excluding hydrogens is 400 g/mol. The van der Waals surface area contributed by atoms with Crippen molar-refractivity contribution in [3.8, 4) is 0 Å². The number of amides is 1. The zero-order chi connectivity index (χ0) is 21.1. The van der Waals surface area contributed by atoms with Gasteiger partial charge in [0, 0.05) is 41.9 Å². The van der Waals surface area contributed by atoms with E-state index in [1.165, 1.54) is 0 Å². The zero-order valence-corrected chi connectivity index (χ0v) is 17.0. The molecule has 1 aliphatic rings. The highest BCUT2D eigenvalue weighted by Gasteiger charge is 2.35. The summed E-state index contributed by atoms with van der Waals surface area (Å²) < 4.78 is 0. The van der Waals surface area contributed by atoms with Crippen LogP contribution in [0.3, 0.4) is 0 Å². The highest BCUT2D eigenvalue weighted by atomic mass is 35.5. The van der Waals surface area contributed by atoms with Crippen LogP contribution in [0.2, 0.25) is 5.02 Å². The minimum atomic E-state index is -0.629. The molecule has 5 nitrogen and oxygen atoms in total. The molecule has 3 aromatic rings. The van der Waals surface area contributed by atoms with Gasteiger partial charge in [0.2, 0.25) is 0 Å². The first-order chi connectivity index (χ1) is 14.5. The van der Waals surface area contributed by atoms with E-state index in [2.05, 4.69) is 4.98 Å². The van der Waals surface area contributed by atoms with Crippen molar-refractivity contribution in [2.75, 3.05) is 0 Å². The van der Waals surface area contributed by atoms with E-state index in [-0.39, 0.29) is 31.3 Å². The Balaban J connectivity index is 1.73. The molecule has 0 unspecified atom stereocenters. The van der Waals surface area contributed by atoms with Gasteiger partial charge >= 0.3 is 0 Å². The van der Waals surface area contributed by atoms with Gasteiger partial charge in [0.1, 0.15) is 0 Å². The Morgan fingerprint density at radius 1 is 1.03 bits per heavy atom. The van der Waals surface area contributed by atoms with E-state index in [1.54, 1.807) is 29.3 Å². The number of halogens is 1. The lowest BCUT2D eigenvalue weighted by atomic mass is 9.99. The average Bonchev–Trinajstić information content (AvgIpc) is 2.85. The fourth-order valence-electron chi connectivity index (χ4n) is 3.76. The van der Waals surface area contributed by atoms with Gasteiger partial charge in [0.15, 0.2) is 5.78 Å². The lowest BCUT2D eigenvalue weighted by Gasteiger charge is -2.29. The van der Waals surface area contributed by atoms with Crippen molar-refractivity contribution in [1.29, 1.82) is 0 Å². The highest BCUT2D eigenvalue weighted by molar-refractivity contribution is 6.30. The van der Waals surface area contributed by atoms with E-state index in [0.29, 0.717) is 22.6 Å². The number of aromatic nitrogens is 1. The minimum absolute atomic E-state index is 0.0398. The third-order valence-electron chi connectivity index (χ3n) is 5.36. The molecule has 30 heavy (non-hydrogen) atoms. The number of aliphatic hydroxyl groups is 1. The van der Waals surface area contributed by atoms with Crippen molar-refractivity contribution < 1.29 is 14.7 Å². The Labute approximate surface area is 179 Å². The molecule has 0 fully saturated rings. The van der Waals surface area contributed by atoms with Gasteiger partial charge < -0.3 is 10.0 Å². The first-order valence-electron chi connectivity index (χ1n) is 9.76. The molecule has 0 saturated carbocycles. The maximum absolute atomic E-state index is 13.5. The van der Waals surface area contributed by atoms with E-state index in [0.717, 1.165) is 16.8 Å². The molecule has 1 aromatic heterocycles. The van der Waals surface area contributed by atoms with Gasteiger partial charge in [-0.05, 0) is 47.0 Å². The first kappa shape index (κ1) is 20.3. The van der Waals surface area contributed by atoms with E-state index < -0.39 is 6.04 Å². The normalized spacial score (nSPS) is 16.3. The molecule has 1 N–H and O–H groups in total. The Morgan fingerprint density at radius 2 is 1.80 bits per heavy atom. The number of Topliss-reactive ketones (excluding diaryl/α,β-unsaturated/α-hetero) is 1. The molecule has 0 aliphatic carbocycles. The summed E-state index contributed by atoms with van der Waals surface area (Å²) in [7, 11) is 0. The van der Waals surface area contributed by atoms with Crippen molar-refractivity contribution in [3.63, 3.8) is 0 Å². The van der Waals surface area contributed by atoms with Crippen LogP contribution in [0.1, 0.15) is 32.7 Å². The Bertz CT molecular complexity index is 1070. The highest BCUT2D eigenvalue weighted by Crippen LogP contribution is 2.26. The Kier molecular flexibility index (Phi) is 5.93. The van der Waals surface area contributed by atoms with Crippen LogP contribution in [0.25, 0.3) is 0 Å². The lowest BCUT2D eigenvalue weighted by molar-refractivity contribution is -0.122. The van der Waals surface area contributed by atoms with Crippen LogP contribution in [0, 0.1) is 0 Å². The molecular formula is C24H21ClN2O3. The summed E-state index contributed by atoms with van der Waals surface area (Å²) in [6.45, 7) is 0.244. The number of carbonyl (C=O) groups is 2. The number of nitrogens with zero attached hydrogens (tertiary/aromatic N) is 2. The van der Waals surface area contributed by atoms with Crippen LogP contribution in [-0.2, 0) is 30.8 Å². The van der Waals surface area contributed by atoms with Crippen molar-refractivity contribution in [3.05, 3.63) is 99.8 Å². The van der Waals surface area contributed by atoms with Crippen LogP contribution >= 0.6 is 11.6 Å². The largest absolute Gasteiger partial charge is 0.392 e. The third kappa shape index (κ3) is 4.27. The van der Waals surface area contributed by atoms with Gasteiger partial charge in [-0.1, -0.05) is 41.9 Å². The number of carbonyl (C=O) groups excluding carboxylic acids is 2. The summed E-state index contributed by atoms with van der Waals surface area (Å²) in [5.74, 6) is -0.235. The Hall–Kier alpha value is -3.02. The Morgan fingerprint density at radius 3 is 2.50 bits per heavy atom. The molecule has 0 bridgehead atoms. The first-order valence-corrected chi connectivity index (χ1v) is 10.1. The molecule has 152 valence electrons. The summed E-state index contributed by atoms with van der Waals surface area (Å²) in [4.78, 5) is 32.7. The summed E-state index contributed by atoms with van der Waals surface area (Å²) in [6, 6.07) is 17.4. The number of pyridine rings is 1. The van der Waals surface area contributed by atoms with Crippen molar-refractivity contribution in [2.24, 2.45) is 0 Å². The number of ketones is 1. The van der Waals surface area contributed by atoms with Gasteiger partial charge in [-0.25, -0.2) is 0 Å². The monoisotopic (exact) mass is 420 g/mol. The zero-order valence-electron chi connectivity index (χ0n) is 16.3. The second-order valence-corrected chi connectivity index (χ2v) is 7.83. The molecule has 0 saturated heterocycles. The standard InChI is InChI=1S/C24H21ClN2O3/c25-19-8-9-21-18(11-19)12-23(29)22(13-20-3-1-2-10-26-20)27(24(21)30)14-16-4-6-17(15-28)7-5-16/h1-11,22,28H,12-15H2/t22-/m1/s1. The third-order valence-corrected chi connectivity index (χ3v) is 5.59. The SMILES string of the molecule is O=C1Cc2cc(Cl)ccc2C(=O)N(Cc2ccc(CO)cc2)[C@@H]1Cc1ccccn1. The number of fused-ring (bicyclic) bond motifs is 1. The van der Waals surface area contributed by atoms with Crippen LogP contribution in [0.5, 0.6) is 0 Å². The molecule has 4 rings (SSSR count). The van der Waals surface area contributed by atoms with E-state index >= 15 is 0 Å². The van der Waals surface area contributed by atoms with Crippen molar-refractivity contribution >= 4 is 23.3 Å². The topological polar surface area (TPSA) is 70.5 Å². The number of hydrogen-bond acceptors (Lipinski definition) is 4. The van der Waals surface area contributed by atoms with E-state index in [9.17, 15) is 14.7 Å². The fraction of sp³-hybridized carbons (Fsp3) is 0.208. The van der Waals surface area contributed by atoms with Crippen molar-refractivity contribution in [2.45, 2.75) is 32.0 Å². The maximum atomic E-state index is 13.5. The molecule has 2 aromatic carbocycles.